The third kappa shape index (κ3) is 3.34. The monoisotopic (exact) mass is 343 g/mol. The van der Waals surface area contributed by atoms with Gasteiger partial charge >= 0.3 is 0 Å². The molecule has 0 aliphatic carbocycles. The van der Waals surface area contributed by atoms with Gasteiger partial charge in [0, 0.05) is 37.8 Å². The smallest absolute Gasteiger partial charge is 0.273 e. The van der Waals surface area contributed by atoms with E-state index in [1.165, 1.54) is 12.8 Å². The lowest BCUT2D eigenvalue weighted by atomic mass is 9.86. The average Bonchev–Trinajstić information content (AvgIpc) is 3.06. The molecule has 4 heterocycles. The molecule has 0 unspecified atom stereocenters. The lowest BCUT2D eigenvalue weighted by Gasteiger charge is -2.45. The number of anilines is 1. The van der Waals surface area contributed by atoms with Crippen molar-refractivity contribution in [3.63, 3.8) is 0 Å². The van der Waals surface area contributed by atoms with E-state index < -0.39 is 0 Å². The van der Waals surface area contributed by atoms with Crippen molar-refractivity contribution in [2.24, 2.45) is 5.92 Å². The number of carbonyl (C=O) groups is 1. The van der Waals surface area contributed by atoms with Crippen molar-refractivity contribution in [3.8, 4) is 0 Å². The van der Waals surface area contributed by atoms with Crippen LogP contribution in [0, 0.1) is 5.92 Å². The zero-order chi connectivity index (χ0) is 17.2. The lowest BCUT2D eigenvalue weighted by molar-refractivity contribution is 0.0294. The molecule has 2 aromatic rings. The number of hydrogen-bond acceptors (Lipinski definition) is 5. The van der Waals surface area contributed by atoms with E-state index in [0.29, 0.717) is 12.3 Å². The normalized spacial score (nSPS) is 25.2. The van der Waals surface area contributed by atoms with Gasteiger partial charge in [-0.1, -0.05) is 0 Å². The number of carbonyl (C=O) groups excluding carboxylic acids is 1. The van der Waals surface area contributed by atoms with Crippen molar-refractivity contribution in [1.82, 2.24) is 20.4 Å². The maximum atomic E-state index is 12.8. The fourth-order valence-electron chi connectivity index (χ4n) is 3.93. The number of benzene rings is 1. The number of nitrogens with one attached hydrogen (secondary N) is 3. The minimum atomic E-state index is -0.0992. The largest absolute Gasteiger partial charge is 0.383 e. The van der Waals surface area contributed by atoms with Crippen LogP contribution >= 0.6 is 0 Å². The second-order valence-corrected chi connectivity index (χ2v) is 6.96. The Hall–Kier alpha value is -2.12. The third-order valence-electron chi connectivity index (χ3n) is 5.36. The predicted octanol–water partition coefficient (Wildman–Crippen LogP) is 1.79. The lowest BCUT2D eigenvalue weighted by Crippen LogP contribution is -2.56. The minimum Gasteiger partial charge on any atom is -0.383 e. The summed E-state index contributed by atoms with van der Waals surface area (Å²) in [5.41, 5.74) is 2.29. The van der Waals surface area contributed by atoms with Crippen LogP contribution in [0.15, 0.2) is 18.2 Å². The van der Waals surface area contributed by atoms with Gasteiger partial charge in [0.2, 0.25) is 0 Å². The van der Waals surface area contributed by atoms with E-state index in [9.17, 15) is 4.79 Å². The Bertz CT molecular complexity index is 751. The van der Waals surface area contributed by atoms with E-state index >= 15 is 0 Å². The Balaban J connectivity index is 1.49. The zero-order valence-electron chi connectivity index (χ0n) is 14.5. The van der Waals surface area contributed by atoms with Crippen LogP contribution in [0.25, 0.3) is 10.9 Å². The summed E-state index contributed by atoms with van der Waals surface area (Å²) in [6, 6.07) is 5.89. The van der Waals surface area contributed by atoms with Crippen LogP contribution in [0.4, 0.5) is 5.69 Å². The number of methoxy groups -OCH3 is 1. The van der Waals surface area contributed by atoms with Gasteiger partial charge in [-0.2, -0.15) is 5.10 Å². The highest BCUT2D eigenvalue weighted by molar-refractivity contribution is 6.05. The number of hydrogen-bond donors (Lipinski definition) is 3. The van der Waals surface area contributed by atoms with Gasteiger partial charge < -0.3 is 15.4 Å². The number of ether oxygens (including phenoxy) is 1. The van der Waals surface area contributed by atoms with E-state index in [4.69, 9.17) is 4.74 Å². The molecule has 0 saturated carbocycles. The molecule has 0 spiro atoms. The quantitative estimate of drug-likeness (QED) is 0.697. The van der Waals surface area contributed by atoms with Crippen LogP contribution in [0.1, 0.15) is 29.8 Å². The summed E-state index contributed by atoms with van der Waals surface area (Å²) >= 11 is 0. The summed E-state index contributed by atoms with van der Waals surface area (Å²) < 4.78 is 5.06. The van der Waals surface area contributed by atoms with Crippen molar-refractivity contribution in [2.45, 2.75) is 25.4 Å². The molecule has 2 bridgehead atoms. The molecule has 3 aliphatic rings. The molecule has 1 atom stereocenters. The Morgan fingerprint density at radius 2 is 2.24 bits per heavy atom. The summed E-state index contributed by atoms with van der Waals surface area (Å²) in [6.45, 7) is 3.53. The molecule has 0 radical (unpaired) electrons. The van der Waals surface area contributed by atoms with Crippen LogP contribution in [0.3, 0.4) is 0 Å². The molecular formula is C18H25N5O2. The molecule has 7 nitrogen and oxygen atoms in total. The second kappa shape index (κ2) is 7.01. The summed E-state index contributed by atoms with van der Waals surface area (Å²) in [5, 5.41) is 14.5. The first kappa shape index (κ1) is 16.4. The molecule has 1 aromatic carbocycles. The van der Waals surface area contributed by atoms with Gasteiger partial charge in [0.25, 0.3) is 5.91 Å². The number of H-pyrrole nitrogens is 1. The number of aromatic nitrogens is 2. The first-order chi connectivity index (χ1) is 12.2. The van der Waals surface area contributed by atoms with Crippen molar-refractivity contribution in [2.75, 3.05) is 38.7 Å². The van der Waals surface area contributed by atoms with E-state index in [0.717, 1.165) is 48.6 Å². The van der Waals surface area contributed by atoms with Crippen molar-refractivity contribution in [1.29, 1.82) is 0 Å². The van der Waals surface area contributed by atoms with Gasteiger partial charge in [-0.25, -0.2) is 0 Å². The molecule has 1 aromatic heterocycles. The van der Waals surface area contributed by atoms with Gasteiger partial charge in [-0.15, -0.1) is 0 Å². The predicted molar refractivity (Wildman–Crippen MR) is 96.6 cm³/mol. The highest BCUT2D eigenvalue weighted by Gasteiger charge is 2.34. The molecule has 5 rings (SSSR count). The molecule has 1 amide bonds. The van der Waals surface area contributed by atoms with Crippen molar-refractivity contribution in [3.05, 3.63) is 23.9 Å². The zero-order valence-corrected chi connectivity index (χ0v) is 14.5. The Labute approximate surface area is 147 Å². The summed E-state index contributed by atoms with van der Waals surface area (Å²) in [4.78, 5) is 15.2. The van der Waals surface area contributed by atoms with Crippen molar-refractivity contribution >= 4 is 22.5 Å². The number of aromatic amines is 1. The fourth-order valence-corrected chi connectivity index (χ4v) is 3.93. The molecule has 3 fully saturated rings. The van der Waals surface area contributed by atoms with Gasteiger partial charge in [-0.3, -0.25) is 14.8 Å². The van der Waals surface area contributed by atoms with Gasteiger partial charge in [0.05, 0.1) is 18.3 Å². The number of amides is 1. The SMILES string of the molecule is COCCNc1ccc2[nH]nc(C(=O)N[C@H]3CC4CCN3CC4)c2c1. The molecule has 134 valence electrons. The van der Waals surface area contributed by atoms with Crippen LogP contribution in [-0.4, -0.2) is 60.5 Å². The molecule has 25 heavy (non-hydrogen) atoms. The number of piperidine rings is 3. The molecule has 3 saturated heterocycles. The average molecular weight is 343 g/mol. The van der Waals surface area contributed by atoms with Crippen LogP contribution < -0.4 is 10.6 Å². The first-order valence-electron chi connectivity index (χ1n) is 9.00. The summed E-state index contributed by atoms with van der Waals surface area (Å²) in [6.07, 6.45) is 3.72. The summed E-state index contributed by atoms with van der Waals surface area (Å²) in [7, 11) is 1.68. The number of rotatable bonds is 6. The highest BCUT2D eigenvalue weighted by Crippen LogP contribution is 2.31. The van der Waals surface area contributed by atoms with Gasteiger partial charge in [0.1, 0.15) is 0 Å². The Kier molecular flexibility index (Phi) is 4.59. The minimum absolute atomic E-state index is 0.0992. The Morgan fingerprint density at radius 1 is 1.40 bits per heavy atom. The molecular weight excluding hydrogens is 318 g/mol. The topological polar surface area (TPSA) is 82.3 Å². The number of fused-ring (bicyclic) bond motifs is 4. The summed E-state index contributed by atoms with van der Waals surface area (Å²) in [5.74, 6) is 0.653. The third-order valence-corrected chi connectivity index (χ3v) is 5.36. The second-order valence-electron chi connectivity index (χ2n) is 6.96. The number of nitrogens with zero attached hydrogens (tertiary/aromatic N) is 2. The van der Waals surface area contributed by atoms with Crippen molar-refractivity contribution < 1.29 is 9.53 Å². The maximum absolute atomic E-state index is 12.8. The van der Waals surface area contributed by atoms with Gasteiger partial charge in [-0.05, 0) is 43.4 Å². The highest BCUT2D eigenvalue weighted by atomic mass is 16.5. The van der Waals surface area contributed by atoms with E-state index in [2.05, 4.69) is 25.7 Å². The molecule has 7 heteroatoms. The molecule has 3 aliphatic heterocycles. The maximum Gasteiger partial charge on any atom is 0.273 e. The van der Waals surface area contributed by atoms with E-state index in [1.54, 1.807) is 7.11 Å². The van der Waals surface area contributed by atoms with E-state index in [-0.39, 0.29) is 12.1 Å². The van der Waals surface area contributed by atoms with Crippen LogP contribution in [0.5, 0.6) is 0 Å². The van der Waals surface area contributed by atoms with Crippen LogP contribution in [-0.2, 0) is 4.74 Å². The molecule has 3 N–H and O–H groups in total. The standard InChI is InChI=1S/C18H25N5O2/c1-25-9-6-19-13-2-3-15-14(11-13)17(22-21-15)18(24)20-16-10-12-4-7-23(16)8-5-12/h2-3,11-12,16,19H,4-10H2,1H3,(H,20,24)(H,21,22)/t16-/m1/s1. The van der Waals surface area contributed by atoms with Crippen LogP contribution in [0.2, 0.25) is 0 Å². The first-order valence-corrected chi connectivity index (χ1v) is 9.00. The van der Waals surface area contributed by atoms with E-state index in [1.807, 2.05) is 18.2 Å². The fraction of sp³-hybridized carbons (Fsp3) is 0.556. The van der Waals surface area contributed by atoms with Gasteiger partial charge in [0.15, 0.2) is 5.69 Å². The Morgan fingerprint density at radius 3 is 2.96 bits per heavy atom.